The molecule has 0 bridgehead atoms. The molecule has 8 heteroatoms. The van der Waals surface area contributed by atoms with Crippen LogP contribution in [0.4, 0.5) is 5.69 Å². The third-order valence-electron chi connectivity index (χ3n) is 3.64. The molecule has 0 atom stereocenters. The number of hydrogen-bond acceptors (Lipinski definition) is 6. The molecule has 0 radical (unpaired) electrons. The molecule has 21 heavy (non-hydrogen) atoms. The number of rotatable bonds is 5. The molecule has 7 nitrogen and oxygen atoms in total. The van der Waals surface area contributed by atoms with Crippen molar-refractivity contribution in [3.63, 3.8) is 0 Å². The van der Waals surface area contributed by atoms with Crippen molar-refractivity contribution >= 4 is 15.7 Å². The SMILES string of the molecule is CNc1cccnc1S(=O)(=O)N(C)CC1(O)CCOCC1. The van der Waals surface area contributed by atoms with E-state index in [1.165, 1.54) is 13.2 Å². The van der Waals surface area contributed by atoms with Gasteiger partial charge in [0.15, 0.2) is 5.03 Å². The minimum absolute atomic E-state index is 0.0262. The minimum atomic E-state index is -3.76. The molecule has 0 saturated carbocycles. The Morgan fingerprint density at radius 2 is 2.14 bits per heavy atom. The summed E-state index contributed by atoms with van der Waals surface area (Å²) >= 11 is 0. The first kappa shape index (κ1) is 16.2. The van der Waals surface area contributed by atoms with Crippen LogP contribution in [-0.2, 0) is 14.8 Å². The van der Waals surface area contributed by atoms with Gasteiger partial charge in [0.2, 0.25) is 0 Å². The zero-order chi connectivity index (χ0) is 15.5. The lowest BCUT2D eigenvalue weighted by molar-refractivity contribution is -0.0689. The van der Waals surface area contributed by atoms with Gasteiger partial charge in [-0.15, -0.1) is 0 Å². The molecule has 2 heterocycles. The van der Waals surface area contributed by atoms with E-state index in [9.17, 15) is 13.5 Å². The van der Waals surface area contributed by atoms with Crippen LogP contribution in [0.25, 0.3) is 0 Å². The number of hydrogen-bond donors (Lipinski definition) is 2. The normalized spacial score (nSPS) is 18.7. The zero-order valence-corrected chi connectivity index (χ0v) is 13.1. The van der Waals surface area contributed by atoms with E-state index in [1.807, 2.05) is 0 Å². The average Bonchev–Trinajstić information content (AvgIpc) is 2.47. The van der Waals surface area contributed by atoms with Crippen LogP contribution < -0.4 is 5.32 Å². The van der Waals surface area contributed by atoms with Crippen LogP contribution in [0.2, 0.25) is 0 Å². The molecule has 1 aliphatic rings. The first-order chi connectivity index (χ1) is 9.89. The molecule has 1 aliphatic heterocycles. The summed E-state index contributed by atoms with van der Waals surface area (Å²) in [5, 5.41) is 13.2. The fourth-order valence-electron chi connectivity index (χ4n) is 2.34. The van der Waals surface area contributed by atoms with E-state index in [0.29, 0.717) is 31.7 Å². The fourth-order valence-corrected chi connectivity index (χ4v) is 3.69. The van der Waals surface area contributed by atoms with Gasteiger partial charge in [0.05, 0.1) is 11.3 Å². The third-order valence-corrected chi connectivity index (χ3v) is 5.40. The van der Waals surface area contributed by atoms with Gasteiger partial charge in [0.25, 0.3) is 10.0 Å². The molecule has 0 aromatic carbocycles. The molecular formula is C13H21N3O4S. The molecule has 0 amide bonds. The Balaban J connectivity index is 2.22. The highest BCUT2D eigenvalue weighted by Crippen LogP contribution is 2.26. The summed E-state index contributed by atoms with van der Waals surface area (Å²) in [4.78, 5) is 3.96. The number of ether oxygens (including phenoxy) is 1. The number of nitrogens with zero attached hydrogens (tertiary/aromatic N) is 2. The topological polar surface area (TPSA) is 91.8 Å². The number of sulfonamides is 1. The second-order valence-electron chi connectivity index (χ2n) is 5.20. The Morgan fingerprint density at radius 1 is 1.48 bits per heavy atom. The van der Waals surface area contributed by atoms with Crippen LogP contribution in [0.5, 0.6) is 0 Å². The van der Waals surface area contributed by atoms with Crippen molar-refractivity contribution in [3.8, 4) is 0 Å². The molecule has 1 aromatic rings. The quantitative estimate of drug-likeness (QED) is 0.811. The number of aliphatic hydroxyl groups is 1. The number of pyridine rings is 1. The highest BCUT2D eigenvalue weighted by Gasteiger charge is 2.36. The maximum atomic E-state index is 12.6. The summed E-state index contributed by atoms with van der Waals surface area (Å²) in [7, 11) is -0.664. The van der Waals surface area contributed by atoms with E-state index in [0.717, 1.165) is 4.31 Å². The smallest absolute Gasteiger partial charge is 0.262 e. The van der Waals surface area contributed by atoms with E-state index in [-0.39, 0.29) is 11.6 Å². The molecule has 0 spiro atoms. The second kappa shape index (κ2) is 6.27. The van der Waals surface area contributed by atoms with Gasteiger partial charge in [0.1, 0.15) is 0 Å². The summed E-state index contributed by atoms with van der Waals surface area (Å²) in [5.41, 5.74) is -0.613. The minimum Gasteiger partial charge on any atom is -0.388 e. The molecule has 1 saturated heterocycles. The first-order valence-electron chi connectivity index (χ1n) is 6.78. The van der Waals surface area contributed by atoms with Gasteiger partial charge in [-0.1, -0.05) is 0 Å². The molecular weight excluding hydrogens is 294 g/mol. The van der Waals surface area contributed by atoms with Crippen molar-refractivity contribution in [2.75, 3.05) is 39.2 Å². The van der Waals surface area contributed by atoms with Crippen LogP contribution >= 0.6 is 0 Å². The van der Waals surface area contributed by atoms with Crippen molar-refractivity contribution in [1.29, 1.82) is 0 Å². The molecule has 2 N–H and O–H groups in total. The largest absolute Gasteiger partial charge is 0.388 e. The molecule has 1 aromatic heterocycles. The number of anilines is 1. The van der Waals surface area contributed by atoms with Crippen molar-refractivity contribution < 1.29 is 18.3 Å². The maximum Gasteiger partial charge on any atom is 0.262 e. The van der Waals surface area contributed by atoms with E-state index < -0.39 is 15.6 Å². The van der Waals surface area contributed by atoms with Crippen LogP contribution in [0.3, 0.4) is 0 Å². The Hall–Kier alpha value is -1.22. The summed E-state index contributed by atoms with van der Waals surface area (Å²) in [6, 6.07) is 3.31. The fraction of sp³-hybridized carbons (Fsp3) is 0.615. The predicted molar refractivity (Wildman–Crippen MR) is 78.6 cm³/mol. The van der Waals surface area contributed by atoms with E-state index >= 15 is 0 Å². The average molecular weight is 315 g/mol. The monoisotopic (exact) mass is 315 g/mol. The highest BCUT2D eigenvalue weighted by molar-refractivity contribution is 7.89. The Kier molecular flexibility index (Phi) is 4.82. The summed E-state index contributed by atoms with van der Waals surface area (Å²) in [5.74, 6) is 0. The lowest BCUT2D eigenvalue weighted by Crippen LogP contribution is -2.47. The van der Waals surface area contributed by atoms with Crippen LogP contribution in [0.15, 0.2) is 23.4 Å². The Bertz CT molecular complexity index is 585. The number of likely N-dealkylation sites (N-methyl/N-ethyl adjacent to an activating group) is 1. The van der Waals surface area contributed by atoms with Gasteiger partial charge in [-0.3, -0.25) is 0 Å². The Labute approximate surface area is 125 Å². The molecule has 0 aliphatic carbocycles. The standard InChI is InChI=1S/C13H21N3O4S/c1-14-11-4-3-7-15-12(11)21(18,19)16(2)10-13(17)5-8-20-9-6-13/h3-4,7,14,17H,5-6,8-10H2,1-2H3. The van der Waals surface area contributed by atoms with Gasteiger partial charge < -0.3 is 15.2 Å². The molecule has 1 fully saturated rings. The van der Waals surface area contributed by atoms with Crippen LogP contribution in [-0.4, -0.2) is 62.3 Å². The molecule has 2 rings (SSSR count). The van der Waals surface area contributed by atoms with E-state index in [2.05, 4.69) is 10.3 Å². The highest BCUT2D eigenvalue weighted by atomic mass is 32.2. The summed E-state index contributed by atoms with van der Waals surface area (Å²) in [6.45, 7) is 0.907. The Morgan fingerprint density at radius 3 is 2.76 bits per heavy atom. The van der Waals surface area contributed by atoms with Crippen molar-refractivity contribution in [3.05, 3.63) is 18.3 Å². The van der Waals surface area contributed by atoms with Crippen LogP contribution in [0, 0.1) is 0 Å². The van der Waals surface area contributed by atoms with Crippen LogP contribution in [0.1, 0.15) is 12.8 Å². The van der Waals surface area contributed by atoms with Gasteiger partial charge in [0, 0.05) is 52.9 Å². The van der Waals surface area contributed by atoms with Crippen molar-refractivity contribution in [2.24, 2.45) is 0 Å². The van der Waals surface area contributed by atoms with Crippen molar-refractivity contribution in [2.45, 2.75) is 23.5 Å². The number of nitrogens with one attached hydrogen (secondary N) is 1. The third kappa shape index (κ3) is 3.52. The molecule has 0 unspecified atom stereocenters. The number of aromatic nitrogens is 1. The molecule has 118 valence electrons. The first-order valence-corrected chi connectivity index (χ1v) is 8.22. The van der Waals surface area contributed by atoms with Gasteiger partial charge in [-0.25, -0.2) is 13.4 Å². The van der Waals surface area contributed by atoms with Gasteiger partial charge in [-0.2, -0.15) is 4.31 Å². The van der Waals surface area contributed by atoms with Gasteiger partial charge >= 0.3 is 0 Å². The van der Waals surface area contributed by atoms with Gasteiger partial charge in [-0.05, 0) is 12.1 Å². The maximum absolute atomic E-state index is 12.6. The predicted octanol–water partition coefficient (Wildman–Crippen LogP) is 0.285. The lowest BCUT2D eigenvalue weighted by Gasteiger charge is -2.34. The van der Waals surface area contributed by atoms with E-state index in [1.54, 1.807) is 19.2 Å². The summed E-state index contributed by atoms with van der Waals surface area (Å²) in [6.07, 6.45) is 2.28. The zero-order valence-electron chi connectivity index (χ0n) is 12.2. The van der Waals surface area contributed by atoms with E-state index in [4.69, 9.17) is 4.74 Å². The second-order valence-corrected chi connectivity index (χ2v) is 7.16. The van der Waals surface area contributed by atoms with Crippen molar-refractivity contribution in [1.82, 2.24) is 9.29 Å². The lowest BCUT2D eigenvalue weighted by atomic mass is 9.95. The summed E-state index contributed by atoms with van der Waals surface area (Å²) < 4.78 is 31.6.